The zero-order valence-electron chi connectivity index (χ0n) is 12.2. The minimum atomic E-state index is -3.33. The standard InChI is InChI=1S/C13H24N2O4S/c1-10(2)8-20(18,19)9-13(17)15-5-3-11(4-6-15)7-12(14)16/h10-11H,3-9H2,1-2H3,(H2,14,16). The number of nitrogens with zero attached hydrogens (tertiary/aromatic N) is 1. The van der Waals surface area contributed by atoms with Gasteiger partial charge in [-0.2, -0.15) is 0 Å². The highest BCUT2D eigenvalue weighted by Crippen LogP contribution is 2.20. The second-order valence-corrected chi connectivity index (χ2v) is 8.05. The van der Waals surface area contributed by atoms with Gasteiger partial charge in [0.2, 0.25) is 11.8 Å². The first-order valence-electron chi connectivity index (χ1n) is 6.96. The van der Waals surface area contributed by atoms with Crippen LogP contribution in [0.3, 0.4) is 0 Å². The summed E-state index contributed by atoms with van der Waals surface area (Å²) in [6.45, 7) is 4.65. The molecule has 1 saturated heterocycles. The lowest BCUT2D eigenvalue weighted by atomic mass is 9.93. The number of amides is 2. The van der Waals surface area contributed by atoms with E-state index in [-0.39, 0.29) is 29.4 Å². The van der Waals surface area contributed by atoms with E-state index in [0.717, 1.165) is 0 Å². The molecule has 0 aromatic heterocycles. The second-order valence-electron chi connectivity index (χ2n) is 5.94. The molecule has 1 rings (SSSR count). The van der Waals surface area contributed by atoms with Crippen LogP contribution in [0.2, 0.25) is 0 Å². The molecule has 1 fully saturated rings. The third-order valence-corrected chi connectivity index (χ3v) is 5.25. The molecular weight excluding hydrogens is 280 g/mol. The number of carbonyl (C=O) groups excluding carboxylic acids is 2. The molecule has 0 aromatic rings. The van der Waals surface area contributed by atoms with E-state index >= 15 is 0 Å². The van der Waals surface area contributed by atoms with Gasteiger partial charge < -0.3 is 10.6 Å². The lowest BCUT2D eigenvalue weighted by Gasteiger charge is -2.31. The third-order valence-electron chi connectivity index (χ3n) is 3.39. The van der Waals surface area contributed by atoms with Gasteiger partial charge in [0.15, 0.2) is 9.84 Å². The molecule has 0 atom stereocenters. The van der Waals surface area contributed by atoms with E-state index in [1.165, 1.54) is 0 Å². The smallest absolute Gasteiger partial charge is 0.237 e. The van der Waals surface area contributed by atoms with Crippen molar-refractivity contribution in [1.29, 1.82) is 0 Å². The van der Waals surface area contributed by atoms with Crippen LogP contribution in [0.15, 0.2) is 0 Å². The van der Waals surface area contributed by atoms with E-state index in [2.05, 4.69) is 0 Å². The van der Waals surface area contributed by atoms with E-state index < -0.39 is 15.6 Å². The number of hydrogen-bond acceptors (Lipinski definition) is 4. The number of hydrogen-bond donors (Lipinski definition) is 1. The molecule has 0 radical (unpaired) electrons. The minimum Gasteiger partial charge on any atom is -0.370 e. The molecule has 1 heterocycles. The van der Waals surface area contributed by atoms with Crippen molar-refractivity contribution in [3.63, 3.8) is 0 Å². The van der Waals surface area contributed by atoms with Crippen molar-refractivity contribution in [1.82, 2.24) is 4.90 Å². The predicted molar refractivity (Wildman–Crippen MR) is 76.6 cm³/mol. The molecule has 20 heavy (non-hydrogen) atoms. The number of sulfone groups is 1. The van der Waals surface area contributed by atoms with Gasteiger partial charge in [-0.1, -0.05) is 13.8 Å². The van der Waals surface area contributed by atoms with Crippen molar-refractivity contribution >= 4 is 21.7 Å². The zero-order chi connectivity index (χ0) is 15.3. The second kappa shape index (κ2) is 7.06. The first kappa shape index (κ1) is 16.9. The molecule has 2 amide bonds. The van der Waals surface area contributed by atoms with Crippen molar-refractivity contribution in [2.75, 3.05) is 24.6 Å². The van der Waals surface area contributed by atoms with Gasteiger partial charge in [0.25, 0.3) is 0 Å². The molecule has 0 bridgehead atoms. The van der Waals surface area contributed by atoms with E-state index in [0.29, 0.717) is 32.4 Å². The average molecular weight is 304 g/mol. The Kier molecular flexibility index (Phi) is 5.98. The molecule has 7 heteroatoms. The highest BCUT2D eigenvalue weighted by atomic mass is 32.2. The van der Waals surface area contributed by atoms with Crippen molar-refractivity contribution < 1.29 is 18.0 Å². The summed E-state index contributed by atoms with van der Waals surface area (Å²) in [6, 6.07) is 0. The van der Waals surface area contributed by atoms with Crippen molar-refractivity contribution in [2.24, 2.45) is 17.6 Å². The number of piperidine rings is 1. The summed E-state index contributed by atoms with van der Waals surface area (Å²) in [4.78, 5) is 24.4. The van der Waals surface area contributed by atoms with Crippen LogP contribution < -0.4 is 5.73 Å². The summed E-state index contributed by atoms with van der Waals surface area (Å²) in [6.07, 6.45) is 1.76. The normalized spacial score (nSPS) is 17.4. The Labute approximate surface area is 120 Å². The summed E-state index contributed by atoms with van der Waals surface area (Å²) >= 11 is 0. The fourth-order valence-corrected chi connectivity index (χ4v) is 4.21. The average Bonchev–Trinajstić information content (AvgIpc) is 2.26. The molecule has 0 saturated carbocycles. The molecular formula is C13H24N2O4S. The largest absolute Gasteiger partial charge is 0.370 e. The maximum Gasteiger partial charge on any atom is 0.237 e. The Morgan fingerprint density at radius 1 is 1.25 bits per heavy atom. The highest BCUT2D eigenvalue weighted by molar-refractivity contribution is 7.92. The number of likely N-dealkylation sites (tertiary alicyclic amines) is 1. The van der Waals surface area contributed by atoms with Crippen LogP contribution in [0.5, 0.6) is 0 Å². The number of primary amides is 1. The third kappa shape index (κ3) is 5.90. The number of rotatable bonds is 6. The van der Waals surface area contributed by atoms with Gasteiger partial charge in [0.1, 0.15) is 5.75 Å². The zero-order valence-corrected chi connectivity index (χ0v) is 13.0. The van der Waals surface area contributed by atoms with Crippen molar-refractivity contribution in [2.45, 2.75) is 33.1 Å². The van der Waals surface area contributed by atoms with Gasteiger partial charge in [-0.05, 0) is 24.7 Å². The van der Waals surface area contributed by atoms with Crippen LogP contribution in [0.25, 0.3) is 0 Å². The first-order valence-corrected chi connectivity index (χ1v) is 8.78. The molecule has 0 aliphatic carbocycles. The van der Waals surface area contributed by atoms with Crippen LogP contribution in [0.4, 0.5) is 0 Å². The van der Waals surface area contributed by atoms with E-state index in [1.807, 2.05) is 13.8 Å². The SMILES string of the molecule is CC(C)CS(=O)(=O)CC(=O)N1CCC(CC(N)=O)CC1. The van der Waals surface area contributed by atoms with Gasteiger partial charge in [0, 0.05) is 19.5 Å². The fraction of sp³-hybridized carbons (Fsp3) is 0.846. The van der Waals surface area contributed by atoms with Crippen LogP contribution in [0, 0.1) is 11.8 Å². The molecule has 6 nitrogen and oxygen atoms in total. The Hall–Kier alpha value is -1.11. The number of nitrogens with two attached hydrogens (primary N) is 1. The van der Waals surface area contributed by atoms with Crippen LogP contribution >= 0.6 is 0 Å². The van der Waals surface area contributed by atoms with Crippen molar-refractivity contribution in [3.05, 3.63) is 0 Å². The summed E-state index contributed by atoms with van der Waals surface area (Å²) in [7, 11) is -3.33. The number of carbonyl (C=O) groups is 2. The molecule has 116 valence electrons. The fourth-order valence-electron chi connectivity index (χ4n) is 2.52. The van der Waals surface area contributed by atoms with Crippen LogP contribution in [-0.4, -0.2) is 49.7 Å². The quantitative estimate of drug-likeness (QED) is 0.756. The molecule has 2 N–H and O–H groups in total. The van der Waals surface area contributed by atoms with Gasteiger partial charge in [-0.25, -0.2) is 8.42 Å². The maximum absolute atomic E-state index is 12.0. The minimum absolute atomic E-state index is 0.0223. The lowest BCUT2D eigenvalue weighted by molar-refractivity contribution is -0.129. The summed E-state index contributed by atoms with van der Waals surface area (Å²) in [5.41, 5.74) is 5.15. The summed E-state index contributed by atoms with van der Waals surface area (Å²) < 4.78 is 23.6. The van der Waals surface area contributed by atoms with E-state index in [1.54, 1.807) is 4.90 Å². The topological polar surface area (TPSA) is 97.5 Å². The molecule has 1 aliphatic heterocycles. The van der Waals surface area contributed by atoms with E-state index in [4.69, 9.17) is 5.73 Å². The van der Waals surface area contributed by atoms with Gasteiger partial charge >= 0.3 is 0 Å². The Balaban J connectivity index is 2.45. The van der Waals surface area contributed by atoms with Crippen molar-refractivity contribution in [3.8, 4) is 0 Å². The monoisotopic (exact) mass is 304 g/mol. The van der Waals surface area contributed by atoms with E-state index in [9.17, 15) is 18.0 Å². The Morgan fingerprint density at radius 2 is 1.80 bits per heavy atom. The van der Waals surface area contributed by atoms with Gasteiger partial charge in [-0.3, -0.25) is 9.59 Å². The molecule has 0 spiro atoms. The molecule has 1 aliphatic rings. The van der Waals surface area contributed by atoms with Crippen LogP contribution in [-0.2, 0) is 19.4 Å². The highest BCUT2D eigenvalue weighted by Gasteiger charge is 2.27. The Morgan fingerprint density at radius 3 is 2.25 bits per heavy atom. The molecule has 0 aromatic carbocycles. The van der Waals surface area contributed by atoms with Crippen LogP contribution in [0.1, 0.15) is 33.1 Å². The predicted octanol–water partition coefficient (Wildman–Crippen LogP) is 0.171. The lowest BCUT2D eigenvalue weighted by Crippen LogP contribution is -2.42. The summed E-state index contributed by atoms with van der Waals surface area (Å²) in [5, 5.41) is 0. The van der Waals surface area contributed by atoms with Gasteiger partial charge in [0.05, 0.1) is 5.75 Å². The molecule has 0 unspecified atom stereocenters. The Bertz CT molecular complexity index is 451. The maximum atomic E-state index is 12.0. The van der Waals surface area contributed by atoms with Gasteiger partial charge in [-0.15, -0.1) is 0 Å². The summed E-state index contributed by atoms with van der Waals surface area (Å²) in [5.74, 6) is -0.793. The first-order chi connectivity index (χ1) is 9.19.